The highest BCUT2D eigenvalue weighted by Gasteiger charge is 2.10. The Morgan fingerprint density at radius 2 is 1.65 bits per heavy atom. The van der Waals surface area contributed by atoms with E-state index >= 15 is 0 Å². The molecule has 0 fully saturated rings. The Kier molecular flexibility index (Phi) is 6.32. The first kappa shape index (κ1) is 16.7. The summed E-state index contributed by atoms with van der Waals surface area (Å²) in [4.78, 5) is 24.3. The summed E-state index contributed by atoms with van der Waals surface area (Å²) in [7, 11) is 1.62. The molecule has 0 atom stereocenters. The molecule has 2 aromatic carbocycles. The molecule has 2 amide bonds. The van der Waals surface area contributed by atoms with Crippen LogP contribution in [0, 0.1) is 0 Å². The fraction of sp³-hybridized carbons (Fsp3) is 0.222. The van der Waals surface area contributed by atoms with E-state index in [1.165, 1.54) is 0 Å². The zero-order chi connectivity index (χ0) is 16.5. The van der Waals surface area contributed by atoms with Gasteiger partial charge in [-0.2, -0.15) is 0 Å². The van der Waals surface area contributed by atoms with Crippen LogP contribution in [0.3, 0.4) is 0 Å². The van der Waals surface area contributed by atoms with Gasteiger partial charge in [-0.1, -0.05) is 24.3 Å². The number of hydrogen-bond acceptors (Lipinski definition) is 3. The molecular formula is C18H20N2O3. The third kappa shape index (κ3) is 5.23. The molecule has 0 heterocycles. The van der Waals surface area contributed by atoms with Crippen molar-refractivity contribution in [3.05, 3.63) is 65.7 Å². The van der Waals surface area contributed by atoms with Crippen LogP contribution in [0.2, 0.25) is 0 Å². The quantitative estimate of drug-likeness (QED) is 0.773. The molecule has 0 aliphatic carbocycles. The Balaban J connectivity index is 1.98. The van der Waals surface area contributed by atoms with Crippen LogP contribution in [0.25, 0.3) is 0 Å². The molecule has 0 saturated carbocycles. The van der Waals surface area contributed by atoms with Gasteiger partial charge >= 0.3 is 0 Å². The molecule has 0 aliphatic heterocycles. The summed E-state index contributed by atoms with van der Waals surface area (Å²) >= 11 is 0. The molecule has 23 heavy (non-hydrogen) atoms. The number of benzene rings is 2. The van der Waals surface area contributed by atoms with E-state index in [4.69, 9.17) is 4.74 Å². The lowest BCUT2D eigenvalue weighted by Gasteiger charge is -2.08. The number of methoxy groups -OCH3 is 1. The molecular weight excluding hydrogens is 292 g/mol. The third-order valence-electron chi connectivity index (χ3n) is 3.23. The summed E-state index contributed by atoms with van der Waals surface area (Å²) in [6.45, 7) is 1.13. The zero-order valence-corrected chi connectivity index (χ0v) is 13.0. The van der Waals surface area contributed by atoms with Crippen molar-refractivity contribution in [2.75, 3.05) is 25.6 Å². The summed E-state index contributed by atoms with van der Waals surface area (Å²) < 4.78 is 4.93. The lowest BCUT2D eigenvalue weighted by atomic mass is 10.1. The van der Waals surface area contributed by atoms with Crippen molar-refractivity contribution in [1.82, 2.24) is 5.32 Å². The number of anilines is 1. The molecule has 0 saturated heterocycles. The Bertz CT molecular complexity index is 656. The largest absolute Gasteiger partial charge is 0.385 e. The van der Waals surface area contributed by atoms with Gasteiger partial charge in [0.25, 0.3) is 11.8 Å². The Hall–Kier alpha value is -2.66. The van der Waals surface area contributed by atoms with Crippen LogP contribution in [-0.2, 0) is 4.74 Å². The Morgan fingerprint density at radius 1 is 0.957 bits per heavy atom. The van der Waals surface area contributed by atoms with E-state index in [1.807, 2.05) is 30.3 Å². The lowest BCUT2D eigenvalue weighted by Crippen LogP contribution is -2.25. The molecule has 0 aliphatic rings. The van der Waals surface area contributed by atoms with Crippen LogP contribution < -0.4 is 10.6 Å². The number of para-hydroxylation sites is 1. The second-order valence-electron chi connectivity index (χ2n) is 5.00. The average Bonchev–Trinajstić information content (AvgIpc) is 2.59. The minimum absolute atomic E-state index is 0.199. The van der Waals surface area contributed by atoms with Gasteiger partial charge in [-0.05, 0) is 36.8 Å². The number of carbonyl (C=O) groups excluding carboxylic acids is 2. The van der Waals surface area contributed by atoms with Crippen LogP contribution in [0.4, 0.5) is 5.69 Å². The summed E-state index contributed by atoms with van der Waals surface area (Å²) in [6, 6.07) is 15.8. The fourth-order valence-corrected chi connectivity index (χ4v) is 2.05. The minimum atomic E-state index is -0.245. The van der Waals surface area contributed by atoms with Gasteiger partial charge in [0.2, 0.25) is 0 Å². The average molecular weight is 312 g/mol. The van der Waals surface area contributed by atoms with E-state index in [0.717, 1.165) is 6.42 Å². The number of rotatable bonds is 7. The van der Waals surface area contributed by atoms with Crippen molar-refractivity contribution in [2.45, 2.75) is 6.42 Å². The lowest BCUT2D eigenvalue weighted by molar-refractivity contribution is 0.0948. The molecule has 0 bridgehead atoms. The zero-order valence-electron chi connectivity index (χ0n) is 13.0. The predicted molar refractivity (Wildman–Crippen MR) is 89.7 cm³/mol. The number of nitrogens with one attached hydrogen (secondary N) is 2. The topological polar surface area (TPSA) is 67.4 Å². The van der Waals surface area contributed by atoms with Crippen molar-refractivity contribution in [3.63, 3.8) is 0 Å². The number of carbonyl (C=O) groups is 2. The Labute approximate surface area is 135 Å². The summed E-state index contributed by atoms with van der Waals surface area (Å²) in [5.41, 5.74) is 1.62. The van der Waals surface area contributed by atoms with Gasteiger partial charge in [0.05, 0.1) is 0 Å². The molecule has 2 N–H and O–H groups in total. The number of amides is 2. The highest BCUT2D eigenvalue weighted by atomic mass is 16.5. The SMILES string of the molecule is COCCCNC(=O)c1cccc(C(=O)Nc2ccccc2)c1. The van der Waals surface area contributed by atoms with Crippen LogP contribution in [0.15, 0.2) is 54.6 Å². The van der Waals surface area contributed by atoms with E-state index in [-0.39, 0.29) is 11.8 Å². The minimum Gasteiger partial charge on any atom is -0.385 e. The van der Waals surface area contributed by atoms with Crippen molar-refractivity contribution >= 4 is 17.5 Å². The van der Waals surface area contributed by atoms with Crippen LogP contribution in [-0.4, -0.2) is 32.1 Å². The second-order valence-corrected chi connectivity index (χ2v) is 5.00. The Morgan fingerprint density at radius 3 is 2.35 bits per heavy atom. The third-order valence-corrected chi connectivity index (χ3v) is 3.23. The van der Waals surface area contributed by atoms with Gasteiger partial charge in [-0.3, -0.25) is 9.59 Å². The van der Waals surface area contributed by atoms with Gasteiger partial charge in [0.15, 0.2) is 0 Å². The van der Waals surface area contributed by atoms with E-state index < -0.39 is 0 Å². The molecule has 0 radical (unpaired) electrons. The maximum atomic E-state index is 12.2. The number of ether oxygens (including phenoxy) is 1. The smallest absolute Gasteiger partial charge is 0.255 e. The molecule has 0 unspecified atom stereocenters. The molecule has 5 nitrogen and oxygen atoms in total. The first-order chi connectivity index (χ1) is 11.2. The maximum Gasteiger partial charge on any atom is 0.255 e. The normalized spacial score (nSPS) is 10.1. The molecule has 2 rings (SSSR count). The van der Waals surface area contributed by atoms with Crippen molar-refractivity contribution in [2.24, 2.45) is 0 Å². The summed E-state index contributed by atoms with van der Waals surface area (Å²) in [5.74, 6) is -0.444. The van der Waals surface area contributed by atoms with Gasteiger partial charge in [0, 0.05) is 37.1 Å². The predicted octanol–water partition coefficient (Wildman–Crippen LogP) is 2.71. The van der Waals surface area contributed by atoms with E-state index in [2.05, 4.69) is 10.6 Å². The number of hydrogen-bond donors (Lipinski definition) is 2. The van der Waals surface area contributed by atoms with Gasteiger partial charge in [0.1, 0.15) is 0 Å². The first-order valence-corrected chi connectivity index (χ1v) is 7.44. The van der Waals surface area contributed by atoms with Crippen LogP contribution in [0.5, 0.6) is 0 Å². The second kappa shape index (κ2) is 8.70. The standard InChI is InChI=1S/C18H20N2O3/c1-23-12-6-11-19-17(21)14-7-5-8-15(13-14)18(22)20-16-9-3-2-4-10-16/h2-5,7-10,13H,6,11-12H2,1H3,(H,19,21)(H,20,22). The van der Waals surface area contributed by atoms with E-state index in [9.17, 15) is 9.59 Å². The molecule has 0 aromatic heterocycles. The van der Waals surface area contributed by atoms with Crippen molar-refractivity contribution in [1.29, 1.82) is 0 Å². The maximum absolute atomic E-state index is 12.2. The first-order valence-electron chi connectivity index (χ1n) is 7.44. The summed E-state index contributed by atoms with van der Waals surface area (Å²) in [6.07, 6.45) is 0.746. The van der Waals surface area contributed by atoms with Crippen LogP contribution in [0.1, 0.15) is 27.1 Å². The highest BCUT2D eigenvalue weighted by molar-refractivity contribution is 6.06. The monoisotopic (exact) mass is 312 g/mol. The van der Waals surface area contributed by atoms with E-state index in [0.29, 0.717) is 30.0 Å². The summed E-state index contributed by atoms with van der Waals surface area (Å²) in [5, 5.41) is 5.60. The molecule has 0 spiro atoms. The van der Waals surface area contributed by atoms with Crippen molar-refractivity contribution < 1.29 is 14.3 Å². The van der Waals surface area contributed by atoms with Gasteiger partial charge in [-0.25, -0.2) is 0 Å². The van der Waals surface area contributed by atoms with E-state index in [1.54, 1.807) is 31.4 Å². The fourth-order valence-electron chi connectivity index (χ4n) is 2.05. The highest BCUT2D eigenvalue weighted by Crippen LogP contribution is 2.10. The van der Waals surface area contributed by atoms with Crippen molar-refractivity contribution in [3.8, 4) is 0 Å². The molecule has 120 valence electrons. The van der Waals surface area contributed by atoms with Crippen LogP contribution >= 0.6 is 0 Å². The van der Waals surface area contributed by atoms with Gasteiger partial charge in [-0.15, -0.1) is 0 Å². The molecule has 2 aromatic rings. The van der Waals surface area contributed by atoms with Gasteiger partial charge < -0.3 is 15.4 Å². The molecule has 5 heteroatoms.